The molecule has 7 heteroatoms. The monoisotopic (exact) mass is 373 g/mol. The molecule has 0 spiro atoms. The number of nitrogens with zero attached hydrogens (tertiary/aromatic N) is 4. The van der Waals surface area contributed by atoms with Crippen molar-refractivity contribution in [2.75, 3.05) is 17.3 Å². The van der Waals surface area contributed by atoms with Gasteiger partial charge < -0.3 is 10.2 Å². The molecule has 6 nitrogen and oxygen atoms in total. The zero-order valence-electron chi connectivity index (χ0n) is 14.5. The van der Waals surface area contributed by atoms with Gasteiger partial charge in [0, 0.05) is 38.7 Å². The van der Waals surface area contributed by atoms with E-state index in [0.717, 1.165) is 16.3 Å². The van der Waals surface area contributed by atoms with Crippen molar-refractivity contribution in [1.29, 1.82) is 0 Å². The van der Waals surface area contributed by atoms with Crippen LogP contribution in [0.4, 0.5) is 22.7 Å². The number of rotatable bonds is 3. The Morgan fingerprint density at radius 3 is 2.56 bits per heavy atom. The Balaban J connectivity index is 1.56. The van der Waals surface area contributed by atoms with Crippen LogP contribution in [0.3, 0.4) is 0 Å². The van der Waals surface area contributed by atoms with Crippen LogP contribution >= 0.6 is 11.8 Å². The maximum absolute atomic E-state index is 12.5. The lowest BCUT2D eigenvalue weighted by Crippen LogP contribution is -2.15. The van der Waals surface area contributed by atoms with Crippen LogP contribution in [0, 0.1) is 0 Å². The van der Waals surface area contributed by atoms with Crippen LogP contribution in [0.1, 0.15) is 10.4 Å². The van der Waals surface area contributed by atoms with E-state index >= 15 is 0 Å². The summed E-state index contributed by atoms with van der Waals surface area (Å²) < 4.78 is 0. The zero-order valence-corrected chi connectivity index (χ0v) is 15.3. The van der Waals surface area contributed by atoms with E-state index in [4.69, 9.17) is 5.53 Å². The molecule has 0 aliphatic carbocycles. The molecule has 0 bridgehead atoms. The van der Waals surface area contributed by atoms with Gasteiger partial charge in [-0.15, -0.1) is 0 Å². The highest BCUT2D eigenvalue weighted by Crippen LogP contribution is 2.47. The molecule has 0 fully saturated rings. The molecule has 1 aliphatic rings. The second-order valence-corrected chi connectivity index (χ2v) is 7.09. The van der Waals surface area contributed by atoms with E-state index in [9.17, 15) is 4.79 Å². The number of nitrogens with one attached hydrogen (secondary N) is 1. The van der Waals surface area contributed by atoms with Gasteiger partial charge in [0.15, 0.2) is 0 Å². The minimum atomic E-state index is -0.211. The first-order valence-corrected chi connectivity index (χ1v) is 9.08. The van der Waals surface area contributed by atoms with E-state index in [2.05, 4.69) is 32.4 Å². The Labute approximate surface area is 160 Å². The molecule has 0 unspecified atom stereocenters. The molecule has 3 aromatic rings. The SMILES string of the molecule is CN1c2ccccc2Sc2cc(NC(=O)c3ccc(N=[N+]=[N-])cc3)ccc21. The van der Waals surface area contributed by atoms with Crippen molar-refractivity contribution < 1.29 is 4.79 Å². The van der Waals surface area contributed by atoms with Gasteiger partial charge in [0.25, 0.3) is 5.91 Å². The second kappa shape index (κ2) is 7.07. The van der Waals surface area contributed by atoms with Crippen molar-refractivity contribution in [2.24, 2.45) is 5.11 Å². The summed E-state index contributed by atoms with van der Waals surface area (Å²) in [5.41, 5.74) is 12.4. The number of carbonyl (C=O) groups is 1. The van der Waals surface area contributed by atoms with Gasteiger partial charge in [-0.2, -0.15) is 0 Å². The zero-order chi connectivity index (χ0) is 18.8. The molecular formula is C20H15N5OS. The lowest BCUT2D eigenvalue weighted by molar-refractivity contribution is 0.102. The summed E-state index contributed by atoms with van der Waals surface area (Å²) in [6, 6.07) is 20.6. The Morgan fingerprint density at radius 1 is 1.04 bits per heavy atom. The minimum absolute atomic E-state index is 0.211. The fourth-order valence-electron chi connectivity index (χ4n) is 2.95. The third-order valence-corrected chi connectivity index (χ3v) is 5.43. The van der Waals surface area contributed by atoms with E-state index in [1.54, 1.807) is 36.0 Å². The van der Waals surface area contributed by atoms with Crippen LogP contribution in [0.25, 0.3) is 10.4 Å². The summed E-state index contributed by atoms with van der Waals surface area (Å²) in [5, 5.41) is 6.43. The average Bonchev–Trinajstić information content (AvgIpc) is 2.69. The number of anilines is 3. The second-order valence-electron chi connectivity index (χ2n) is 6.00. The molecule has 1 amide bonds. The van der Waals surface area contributed by atoms with Gasteiger partial charge in [-0.25, -0.2) is 0 Å². The van der Waals surface area contributed by atoms with Gasteiger partial charge in [-0.1, -0.05) is 41.1 Å². The predicted octanol–water partition coefficient (Wildman–Crippen LogP) is 6.11. The van der Waals surface area contributed by atoms with Crippen molar-refractivity contribution in [2.45, 2.75) is 9.79 Å². The molecule has 1 N–H and O–H groups in total. The molecule has 3 aromatic carbocycles. The fourth-order valence-corrected chi connectivity index (χ4v) is 4.14. The number of amides is 1. The van der Waals surface area contributed by atoms with Gasteiger partial charge in [-0.05, 0) is 48.0 Å². The lowest BCUT2D eigenvalue weighted by Gasteiger charge is -2.29. The van der Waals surface area contributed by atoms with E-state index in [1.807, 2.05) is 37.4 Å². The Bertz CT molecular complexity index is 1070. The average molecular weight is 373 g/mol. The maximum Gasteiger partial charge on any atom is 0.255 e. The summed E-state index contributed by atoms with van der Waals surface area (Å²) in [5.74, 6) is -0.211. The molecule has 1 aliphatic heterocycles. The Morgan fingerprint density at radius 2 is 1.78 bits per heavy atom. The van der Waals surface area contributed by atoms with Crippen LogP contribution in [0.15, 0.2) is 81.6 Å². The van der Waals surface area contributed by atoms with Crippen LogP contribution in [0.2, 0.25) is 0 Å². The van der Waals surface area contributed by atoms with Crippen LogP contribution in [0.5, 0.6) is 0 Å². The number of para-hydroxylation sites is 1. The third kappa shape index (κ3) is 3.33. The smallest absolute Gasteiger partial charge is 0.255 e. The quantitative estimate of drug-likeness (QED) is 0.341. The topological polar surface area (TPSA) is 81.1 Å². The highest BCUT2D eigenvalue weighted by molar-refractivity contribution is 7.99. The third-order valence-electron chi connectivity index (χ3n) is 4.32. The fraction of sp³-hybridized carbons (Fsp3) is 0.0500. The first-order valence-electron chi connectivity index (χ1n) is 8.27. The molecule has 4 rings (SSSR count). The number of fused-ring (bicyclic) bond motifs is 2. The van der Waals surface area contributed by atoms with Crippen molar-refractivity contribution in [3.8, 4) is 0 Å². The molecule has 132 valence electrons. The van der Waals surface area contributed by atoms with Gasteiger partial charge in [0.05, 0.1) is 11.4 Å². The number of hydrogen-bond donors (Lipinski definition) is 1. The van der Waals surface area contributed by atoms with Crippen molar-refractivity contribution >= 4 is 40.4 Å². The summed E-state index contributed by atoms with van der Waals surface area (Å²) in [6.07, 6.45) is 0. The Kier molecular flexibility index (Phi) is 4.46. The molecule has 0 radical (unpaired) electrons. The molecule has 0 atom stereocenters. The summed E-state index contributed by atoms with van der Waals surface area (Å²) in [7, 11) is 2.04. The number of benzene rings is 3. The summed E-state index contributed by atoms with van der Waals surface area (Å²) >= 11 is 1.69. The number of azide groups is 1. The van der Waals surface area contributed by atoms with Gasteiger partial charge in [-0.3, -0.25) is 4.79 Å². The highest BCUT2D eigenvalue weighted by atomic mass is 32.2. The van der Waals surface area contributed by atoms with E-state index in [1.165, 1.54) is 10.6 Å². The van der Waals surface area contributed by atoms with Crippen LogP contribution in [-0.4, -0.2) is 13.0 Å². The largest absolute Gasteiger partial charge is 0.343 e. The van der Waals surface area contributed by atoms with Crippen molar-refractivity contribution in [3.63, 3.8) is 0 Å². The van der Waals surface area contributed by atoms with Gasteiger partial charge in [0.1, 0.15) is 0 Å². The van der Waals surface area contributed by atoms with Crippen molar-refractivity contribution in [3.05, 3.63) is 82.7 Å². The molecule has 0 saturated heterocycles. The van der Waals surface area contributed by atoms with Gasteiger partial charge >= 0.3 is 0 Å². The highest BCUT2D eigenvalue weighted by Gasteiger charge is 2.20. The molecule has 27 heavy (non-hydrogen) atoms. The molecular weight excluding hydrogens is 358 g/mol. The van der Waals surface area contributed by atoms with E-state index in [0.29, 0.717) is 11.3 Å². The Hall–Kier alpha value is -3.41. The lowest BCUT2D eigenvalue weighted by atomic mass is 10.2. The van der Waals surface area contributed by atoms with Crippen molar-refractivity contribution in [1.82, 2.24) is 0 Å². The van der Waals surface area contributed by atoms with E-state index in [-0.39, 0.29) is 5.91 Å². The van der Waals surface area contributed by atoms with Crippen LogP contribution in [-0.2, 0) is 0 Å². The minimum Gasteiger partial charge on any atom is -0.343 e. The summed E-state index contributed by atoms with van der Waals surface area (Å²) in [4.78, 5) is 19.6. The van der Waals surface area contributed by atoms with E-state index < -0.39 is 0 Å². The number of carbonyl (C=O) groups excluding carboxylic acids is 1. The van der Waals surface area contributed by atoms with Crippen LogP contribution < -0.4 is 10.2 Å². The molecule has 0 saturated carbocycles. The molecule has 0 aromatic heterocycles. The first-order chi connectivity index (χ1) is 13.2. The first kappa shape index (κ1) is 17.0. The predicted molar refractivity (Wildman–Crippen MR) is 108 cm³/mol. The maximum atomic E-state index is 12.5. The standard InChI is InChI=1S/C20H15N5OS/c1-25-16-4-2-3-5-18(16)27-19-12-15(10-11-17(19)25)22-20(26)13-6-8-14(9-7-13)23-24-21/h2-12H,1H3,(H,22,26). The normalized spacial score (nSPS) is 11.8. The van der Waals surface area contributed by atoms with Gasteiger partial charge in [0.2, 0.25) is 0 Å². The molecule has 1 heterocycles. The number of hydrogen-bond acceptors (Lipinski definition) is 4. The summed E-state index contributed by atoms with van der Waals surface area (Å²) in [6.45, 7) is 0.